The first-order valence-corrected chi connectivity index (χ1v) is 10.5. The molecule has 0 aromatic rings. The zero-order chi connectivity index (χ0) is 21.8. The van der Waals surface area contributed by atoms with E-state index in [-0.39, 0.29) is 28.8 Å². The summed E-state index contributed by atoms with van der Waals surface area (Å²) in [6.45, 7) is 11.9. The predicted octanol–water partition coefficient (Wildman–Crippen LogP) is 3.96. The minimum absolute atomic E-state index is 0.113. The van der Waals surface area contributed by atoms with Gasteiger partial charge in [-0.2, -0.15) is 0 Å². The number of allylic oxidation sites excluding steroid dienone is 3. The maximum absolute atomic E-state index is 12.4. The number of hydrogen-bond donors (Lipinski definition) is 1. The summed E-state index contributed by atoms with van der Waals surface area (Å²) in [7, 11) is 0. The van der Waals surface area contributed by atoms with E-state index in [0.717, 1.165) is 11.9 Å². The van der Waals surface area contributed by atoms with Crippen molar-refractivity contribution in [2.75, 3.05) is 0 Å². The summed E-state index contributed by atoms with van der Waals surface area (Å²) in [6, 6.07) is 0. The summed E-state index contributed by atoms with van der Waals surface area (Å²) < 4.78 is 5.61. The fourth-order valence-corrected chi connectivity index (χ4v) is 5.11. The normalized spacial score (nSPS) is 37.1. The van der Waals surface area contributed by atoms with Crippen molar-refractivity contribution in [1.82, 2.24) is 0 Å². The molecular formula is C24H34O5. The third-order valence-corrected chi connectivity index (χ3v) is 7.20. The van der Waals surface area contributed by atoms with E-state index in [9.17, 15) is 19.5 Å². The zero-order valence-electron chi connectivity index (χ0n) is 18.0. The van der Waals surface area contributed by atoms with Crippen LogP contribution in [0.4, 0.5) is 0 Å². The highest BCUT2D eigenvalue weighted by molar-refractivity contribution is 5.86. The first kappa shape index (κ1) is 23.3. The van der Waals surface area contributed by atoms with E-state index in [0.29, 0.717) is 38.4 Å². The third-order valence-electron chi connectivity index (χ3n) is 7.20. The second-order valence-corrected chi connectivity index (χ2v) is 8.87. The zero-order valence-corrected chi connectivity index (χ0v) is 18.0. The van der Waals surface area contributed by atoms with Crippen LogP contribution in [-0.4, -0.2) is 35.9 Å². The molecule has 0 aromatic heterocycles. The Labute approximate surface area is 173 Å². The number of ether oxygens (including phenoxy) is 1. The highest BCUT2D eigenvalue weighted by atomic mass is 16.5. The molecule has 29 heavy (non-hydrogen) atoms. The van der Waals surface area contributed by atoms with Crippen molar-refractivity contribution < 1.29 is 24.2 Å². The van der Waals surface area contributed by atoms with Crippen molar-refractivity contribution in [3.8, 4) is 0 Å². The largest absolute Gasteiger partial charge is 0.458 e. The minimum atomic E-state index is -1.27. The summed E-state index contributed by atoms with van der Waals surface area (Å²) in [5.74, 6) is -0.529. The molecule has 1 saturated carbocycles. The fraction of sp³-hybridized carbons (Fsp3) is 0.625. The van der Waals surface area contributed by atoms with Crippen LogP contribution in [0.1, 0.15) is 59.8 Å². The molecule has 1 fully saturated rings. The Morgan fingerprint density at radius 1 is 1.38 bits per heavy atom. The number of fused-ring (bicyclic) bond motifs is 1. The van der Waals surface area contributed by atoms with Crippen molar-refractivity contribution in [2.24, 2.45) is 22.7 Å². The van der Waals surface area contributed by atoms with Gasteiger partial charge in [-0.15, -0.1) is 0 Å². The Balaban J connectivity index is 2.55. The smallest absolute Gasteiger partial charge is 0.306 e. The summed E-state index contributed by atoms with van der Waals surface area (Å²) in [5, 5.41) is 11.0. The predicted molar refractivity (Wildman–Crippen MR) is 112 cm³/mol. The number of carbonyl (C=O) groups excluding carboxylic acids is 3. The number of carbonyl (C=O) groups is 3. The van der Waals surface area contributed by atoms with Gasteiger partial charge in [-0.25, -0.2) is 0 Å². The number of rotatable bonds is 8. The number of esters is 1. The van der Waals surface area contributed by atoms with E-state index in [4.69, 9.17) is 4.74 Å². The molecule has 2 aliphatic carbocycles. The molecule has 2 rings (SSSR count). The van der Waals surface area contributed by atoms with Crippen molar-refractivity contribution in [1.29, 1.82) is 0 Å². The lowest BCUT2D eigenvalue weighted by atomic mass is 9.45. The van der Waals surface area contributed by atoms with Crippen LogP contribution in [0.15, 0.2) is 36.0 Å². The van der Waals surface area contributed by atoms with Crippen LogP contribution in [0.2, 0.25) is 0 Å². The average Bonchev–Trinajstić information content (AvgIpc) is 2.70. The van der Waals surface area contributed by atoms with Gasteiger partial charge in [0.05, 0.1) is 11.5 Å². The van der Waals surface area contributed by atoms with Gasteiger partial charge >= 0.3 is 5.97 Å². The first-order chi connectivity index (χ1) is 13.7. The highest BCUT2D eigenvalue weighted by Crippen LogP contribution is 2.61. The fourth-order valence-electron chi connectivity index (χ4n) is 5.11. The van der Waals surface area contributed by atoms with Crippen molar-refractivity contribution in [3.63, 3.8) is 0 Å². The number of aliphatic hydroxyl groups is 1. The van der Waals surface area contributed by atoms with E-state index in [1.807, 2.05) is 13.8 Å². The summed E-state index contributed by atoms with van der Waals surface area (Å²) in [5.41, 5.74) is -0.364. The van der Waals surface area contributed by atoms with E-state index in [1.54, 1.807) is 12.2 Å². The Morgan fingerprint density at radius 3 is 2.62 bits per heavy atom. The van der Waals surface area contributed by atoms with Gasteiger partial charge in [-0.05, 0) is 55.9 Å². The molecule has 5 heteroatoms. The molecule has 0 aliphatic heterocycles. The van der Waals surface area contributed by atoms with Crippen LogP contribution in [0.5, 0.6) is 0 Å². The molecule has 0 amide bonds. The molecule has 0 aromatic carbocycles. The van der Waals surface area contributed by atoms with Gasteiger partial charge in [-0.1, -0.05) is 45.1 Å². The van der Waals surface area contributed by atoms with Gasteiger partial charge in [0.15, 0.2) is 0 Å². The molecule has 0 spiro atoms. The van der Waals surface area contributed by atoms with Crippen LogP contribution < -0.4 is 0 Å². The van der Waals surface area contributed by atoms with Crippen LogP contribution in [0.3, 0.4) is 0 Å². The molecule has 1 N–H and O–H groups in total. The van der Waals surface area contributed by atoms with Gasteiger partial charge in [0.25, 0.3) is 0 Å². The van der Waals surface area contributed by atoms with Gasteiger partial charge in [0.1, 0.15) is 18.7 Å². The average molecular weight is 403 g/mol. The van der Waals surface area contributed by atoms with E-state index in [1.165, 1.54) is 0 Å². The molecule has 0 unspecified atom stereocenters. The number of aliphatic hydroxyl groups excluding tert-OH is 1. The molecular weight excluding hydrogens is 368 g/mol. The van der Waals surface area contributed by atoms with E-state index >= 15 is 0 Å². The summed E-state index contributed by atoms with van der Waals surface area (Å²) in [6.07, 6.45) is 7.82. The second kappa shape index (κ2) is 9.21. The van der Waals surface area contributed by atoms with Gasteiger partial charge in [0, 0.05) is 12.0 Å². The van der Waals surface area contributed by atoms with Crippen molar-refractivity contribution in [3.05, 3.63) is 36.0 Å². The van der Waals surface area contributed by atoms with Crippen LogP contribution in [0.25, 0.3) is 0 Å². The van der Waals surface area contributed by atoms with Crippen LogP contribution in [-0.2, 0) is 19.1 Å². The topological polar surface area (TPSA) is 80.7 Å². The second-order valence-electron chi connectivity index (χ2n) is 8.87. The quantitative estimate of drug-likeness (QED) is 0.378. The van der Waals surface area contributed by atoms with Crippen molar-refractivity contribution >= 4 is 18.5 Å². The SMILES string of the molecule is C=C/C(C)=C\C[C@]1(C)[C@H](C)C[C@H](O)[C@]2(C=O)C(C=O)=C[C@H](OC(=O)CCC)C[C@@H]12. The van der Waals surface area contributed by atoms with E-state index < -0.39 is 17.6 Å². The molecule has 0 saturated heterocycles. The van der Waals surface area contributed by atoms with Gasteiger partial charge in [-0.3, -0.25) is 9.59 Å². The molecule has 0 radical (unpaired) electrons. The van der Waals surface area contributed by atoms with Gasteiger partial charge in [0.2, 0.25) is 0 Å². The summed E-state index contributed by atoms with van der Waals surface area (Å²) in [4.78, 5) is 36.5. The number of hydrogen-bond acceptors (Lipinski definition) is 5. The lowest BCUT2D eigenvalue weighted by Gasteiger charge is -2.58. The maximum Gasteiger partial charge on any atom is 0.306 e. The lowest BCUT2D eigenvalue weighted by Crippen LogP contribution is -2.60. The Morgan fingerprint density at radius 2 is 2.07 bits per heavy atom. The molecule has 5 nitrogen and oxygen atoms in total. The molecule has 2 aliphatic rings. The Bertz CT molecular complexity index is 721. The number of aldehydes is 2. The minimum Gasteiger partial charge on any atom is -0.458 e. The monoisotopic (exact) mass is 402 g/mol. The molecule has 160 valence electrons. The standard InChI is InChI=1S/C24H34O5/c1-6-8-22(28)29-19-12-18(14-25)24(15-26)20(13-19)23(5,10-9-16(3)7-2)17(4)11-21(24)27/h7,9,12,14-15,17,19-21,27H,2,6,8,10-11,13H2,1,3-5H3/b16-9-/t17-,19+,20+,21+,23-,24-/m1/s1. The van der Waals surface area contributed by atoms with Crippen LogP contribution >= 0.6 is 0 Å². The highest BCUT2D eigenvalue weighted by Gasteiger charge is 2.62. The Hall–Kier alpha value is -2.01. The van der Waals surface area contributed by atoms with Crippen LogP contribution in [0, 0.1) is 22.7 Å². The first-order valence-electron chi connectivity index (χ1n) is 10.5. The maximum atomic E-state index is 12.4. The third kappa shape index (κ3) is 4.16. The Kier molecular flexibility index (Phi) is 7.39. The van der Waals surface area contributed by atoms with Gasteiger partial charge < -0.3 is 14.6 Å². The summed E-state index contributed by atoms with van der Waals surface area (Å²) >= 11 is 0. The lowest BCUT2D eigenvalue weighted by molar-refractivity contribution is -0.163. The van der Waals surface area contributed by atoms with Crippen molar-refractivity contribution in [2.45, 2.75) is 72.0 Å². The molecule has 6 atom stereocenters. The molecule has 0 heterocycles. The molecule has 0 bridgehead atoms. The van der Waals surface area contributed by atoms with E-state index in [2.05, 4.69) is 26.5 Å².